The molecule has 2 fully saturated rings. The highest BCUT2D eigenvalue weighted by molar-refractivity contribution is 5.85. The predicted molar refractivity (Wildman–Crippen MR) is 92.9 cm³/mol. The van der Waals surface area contributed by atoms with Crippen LogP contribution in [-0.4, -0.2) is 26.1 Å². The number of rotatable bonds is 1. The highest BCUT2D eigenvalue weighted by Crippen LogP contribution is 2.61. The molecule has 1 atom stereocenters. The van der Waals surface area contributed by atoms with E-state index in [-0.39, 0.29) is 11.2 Å². The highest BCUT2D eigenvalue weighted by atomic mass is 16.7. The Balaban J connectivity index is 1.61. The fourth-order valence-electron chi connectivity index (χ4n) is 5.33. The Kier molecular flexibility index (Phi) is 3.05. The van der Waals surface area contributed by atoms with Crippen molar-refractivity contribution in [3.8, 4) is 5.75 Å². The van der Waals surface area contributed by atoms with Crippen LogP contribution in [0.2, 0.25) is 0 Å². The van der Waals surface area contributed by atoms with Crippen LogP contribution in [0.25, 0.3) is 5.57 Å². The first-order valence-electron chi connectivity index (χ1n) is 9.05. The lowest BCUT2D eigenvalue weighted by molar-refractivity contribution is -0.208. The summed E-state index contributed by atoms with van der Waals surface area (Å²) in [6, 6.07) is 6.51. The Hall–Kier alpha value is -1.58. The molecule has 1 saturated heterocycles. The van der Waals surface area contributed by atoms with Gasteiger partial charge in [0, 0.05) is 11.8 Å². The number of benzene rings is 1. The SMILES string of the molecule is COc1ccc2c(c1)CCC1=C3CCC4(OCCO4)C3(C)CC=C12. The molecule has 4 aliphatic rings. The van der Waals surface area contributed by atoms with Crippen LogP contribution < -0.4 is 4.74 Å². The van der Waals surface area contributed by atoms with Crippen molar-refractivity contribution in [3.63, 3.8) is 0 Å². The molecule has 0 bridgehead atoms. The minimum absolute atomic E-state index is 0.00626. The molecule has 3 aliphatic carbocycles. The van der Waals surface area contributed by atoms with Gasteiger partial charge in [-0.15, -0.1) is 0 Å². The average molecular weight is 324 g/mol. The lowest BCUT2D eigenvalue weighted by Gasteiger charge is -2.43. The Morgan fingerprint density at radius 2 is 1.92 bits per heavy atom. The molecule has 24 heavy (non-hydrogen) atoms. The standard InChI is InChI=1S/C21H24O3/c1-20-9-7-17-16-6-4-15(22-2)13-14(16)3-5-18(17)19(20)8-10-21(20)23-11-12-24-21/h4,6-7,13H,3,5,8-12H2,1-2H3. The Morgan fingerprint density at radius 3 is 2.71 bits per heavy atom. The molecular weight excluding hydrogens is 300 g/mol. The van der Waals surface area contributed by atoms with Crippen molar-refractivity contribution < 1.29 is 14.2 Å². The fourth-order valence-corrected chi connectivity index (χ4v) is 5.33. The topological polar surface area (TPSA) is 27.7 Å². The first kappa shape index (κ1) is 14.7. The second-order valence-electron chi connectivity index (χ2n) is 7.58. The summed E-state index contributed by atoms with van der Waals surface area (Å²) in [5.41, 5.74) is 7.39. The monoisotopic (exact) mass is 324 g/mol. The number of hydrogen-bond donors (Lipinski definition) is 0. The van der Waals surface area contributed by atoms with Gasteiger partial charge in [-0.2, -0.15) is 0 Å². The van der Waals surface area contributed by atoms with Gasteiger partial charge in [-0.3, -0.25) is 0 Å². The highest BCUT2D eigenvalue weighted by Gasteiger charge is 2.60. The minimum Gasteiger partial charge on any atom is -0.497 e. The number of aryl methyl sites for hydroxylation is 1. The third-order valence-corrected chi connectivity index (χ3v) is 6.62. The number of hydrogen-bond acceptors (Lipinski definition) is 3. The predicted octanol–water partition coefficient (Wildman–Crippen LogP) is 4.27. The van der Waals surface area contributed by atoms with E-state index in [0.717, 1.165) is 51.1 Å². The molecule has 0 amide bonds. The first-order valence-corrected chi connectivity index (χ1v) is 9.05. The van der Waals surface area contributed by atoms with Crippen molar-refractivity contribution >= 4 is 5.57 Å². The lowest BCUT2D eigenvalue weighted by Crippen LogP contribution is -2.44. The van der Waals surface area contributed by atoms with Gasteiger partial charge in [0.05, 0.1) is 20.3 Å². The molecule has 1 aromatic rings. The average Bonchev–Trinajstić information content (AvgIpc) is 3.21. The van der Waals surface area contributed by atoms with Gasteiger partial charge in [-0.05, 0) is 60.1 Å². The zero-order chi connectivity index (χ0) is 16.4. The summed E-state index contributed by atoms with van der Waals surface area (Å²) >= 11 is 0. The maximum Gasteiger partial charge on any atom is 0.178 e. The van der Waals surface area contributed by atoms with E-state index >= 15 is 0 Å². The smallest absolute Gasteiger partial charge is 0.178 e. The van der Waals surface area contributed by atoms with Crippen LogP contribution in [0.4, 0.5) is 0 Å². The maximum atomic E-state index is 6.15. The molecule has 1 spiro atoms. The van der Waals surface area contributed by atoms with Crippen LogP contribution in [0.15, 0.2) is 35.4 Å². The molecule has 0 radical (unpaired) electrons. The third kappa shape index (κ3) is 1.75. The van der Waals surface area contributed by atoms with Crippen LogP contribution in [0, 0.1) is 5.41 Å². The van der Waals surface area contributed by atoms with Crippen molar-refractivity contribution in [3.05, 3.63) is 46.5 Å². The van der Waals surface area contributed by atoms with Crippen LogP contribution in [0.3, 0.4) is 0 Å². The lowest BCUT2D eigenvalue weighted by atomic mass is 9.67. The zero-order valence-electron chi connectivity index (χ0n) is 14.5. The minimum atomic E-state index is -0.377. The number of ether oxygens (including phenoxy) is 3. The number of allylic oxidation sites excluding steroid dienone is 3. The van der Waals surface area contributed by atoms with Crippen molar-refractivity contribution in [1.82, 2.24) is 0 Å². The van der Waals surface area contributed by atoms with Gasteiger partial charge in [0.25, 0.3) is 0 Å². The van der Waals surface area contributed by atoms with Crippen LogP contribution >= 0.6 is 0 Å². The summed E-state index contributed by atoms with van der Waals surface area (Å²) in [5, 5.41) is 0. The van der Waals surface area contributed by atoms with Gasteiger partial charge >= 0.3 is 0 Å². The Bertz CT molecular complexity index is 767. The molecule has 126 valence electrons. The quantitative estimate of drug-likeness (QED) is 0.772. The fraction of sp³-hybridized carbons (Fsp3) is 0.524. The second kappa shape index (κ2) is 4.96. The number of fused-ring (bicyclic) bond motifs is 5. The van der Waals surface area contributed by atoms with E-state index in [4.69, 9.17) is 14.2 Å². The van der Waals surface area contributed by atoms with Gasteiger partial charge in [0.2, 0.25) is 0 Å². The van der Waals surface area contributed by atoms with E-state index in [2.05, 4.69) is 31.2 Å². The zero-order valence-corrected chi connectivity index (χ0v) is 14.5. The summed E-state index contributed by atoms with van der Waals surface area (Å²) in [6.45, 7) is 3.82. The number of methoxy groups -OCH3 is 1. The summed E-state index contributed by atoms with van der Waals surface area (Å²) in [6.07, 6.45) is 7.75. The van der Waals surface area contributed by atoms with Crippen molar-refractivity contribution in [1.29, 1.82) is 0 Å². The maximum absolute atomic E-state index is 6.15. The van der Waals surface area contributed by atoms with Crippen LogP contribution in [0.5, 0.6) is 5.75 Å². The molecule has 3 heteroatoms. The molecular formula is C21H24O3. The molecule has 1 unspecified atom stereocenters. The summed E-state index contributed by atoms with van der Waals surface area (Å²) in [4.78, 5) is 0. The molecule has 0 N–H and O–H groups in total. The summed E-state index contributed by atoms with van der Waals surface area (Å²) in [7, 11) is 1.74. The van der Waals surface area contributed by atoms with Crippen LogP contribution in [-0.2, 0) is 15.9 Å². The molecule has 0 aromatic heterocycles. The molecule has 1 heterocycles. The Labute approximate surface area is 143 Å². The van der Waals surface area contributed by atoms with Gasteiger partial charge in [-0.25, -0.2) is 0 Å². The van der Waals surface area contributed by atoms with E-state index in [1.807, 2.05) is 0 Å². The van der Waals surface area contributed by atoms with Crippen molar-refractivity contribution in [2.24, 2.45) is 5.41 Å². The molecule has 1 aliphatic heterocycles. The van der Waals surface area contributed by atoms with Gasteiger partial charge < -0.3 is 14.2 Å². The van der Waals surface area contributed by atoms with E-state index < -0.39 is 0 Å². The van der Waals surface area contributed by atoms with Gasteiger partial charge in [0.1, 0.15) is 5.75 Å². The van der Waals surface area contributed by atoms with E-state index in [1.165, 1.54) is 16.7 Å². The summed E-state index contributed by atoms with van der Waals surface area (Å²) < 4.78 is 17.7. The summed E-state index contributed by atoms with van der Waals surface area (Å²) in [5.74, 6) is 0.580. The van der Waals surface area contributed by atoms with Crippen LogP contribution in [0.1, 0.15) is 43.7 Å². The van der Waals surface area contributed by atoms with Gasteiger partial charge in [-0.1, -0.05) is 24.6 Å². The van der Waals surface area contributed by atoms with E-state index in [0.29, 0.717) is 0 Å². The second-order valence-corrected chi connectivity index (χ2v) is 7.58. The van der Waals surface area contributed by atoms with E-state index in [9.17, 15) is 0 Å². The van der Waals surface area contributed by atoms with Crippen molar-refractivity contribution in [2.45, 2.75) is 44.8 Å². The largest absolute Gasteiger partial charge is 0.497 e. The molecule has 3 nitrogen and oxygen atoms in total. The normalized spacial score (nSPS) is 30.0. The van der Waals surface area contributed by atoms with Crippen molar-refractivity contribution in [2.75, 3.05) is 20.3 Å². The third-order valence-electron chi connectivity index (χ3n) is 6.62. The molecule has 5 rings (SSSR count). The first-order chi connectivity index (χ1) is 11.7. The van der Waals surface area contributed by atoms with E-state index in [1.54, 1.807) is 18.3 Å². The molecule has 1 saturated carbocycles. The Morgan fingerprint density at radius 1 is 1.08 bits per heavy atom. The molecule has 1 aromatic carbocycles. The van der Waals surface area contributed by atoms with Gasteiger partial charge in [0.15, 0.2) is 5.79 Å².